The zero-order chi connectivity index (χ0) is 8.48. The topological polar surface area (TPSA) is 63.7 Å². The number of hydrogen-bond acceptors (Lipinski definition) is 4. The van der Waals surface area contributed by atoms with Gasteiger partial charge in [0.1, 0.15) is 6.73 Å². The van der Waals surface area contributed by atoms with Crippen molar-refractivity contribution in [3.63, 3.8) is 0 Å². The Balaban J connectivity index is 2.28. The van der Waals surface area contributed by atoms with Crippen molar-refractivity contribution < 1.29 is 17.4 Å². The van der Waals surface area contributed by atoms with Crippen LogP contribution in [0.3, 0.4) is 0 Å². The molecule has 0 aromatic carbocycles. The molecule has 1 rings (SSSR count). The van der Waals surface area contributed by atoms with E-state index >= 15 is 0 Å². The molecule has 0 saturated carbocycles. The van der Waals surface area contributed by atoms with Crippen LogP contribution in [0, 0.1) is 0 Å². The van der Waals surface area contributed by atoms with Crippen LogP contribution < -0.4 is 0 Å². The van der Waals surface area contributed by atoms with E-state index in [1.165, 1.54) is 4.90 Å². The molecule has 0 radical (unpaired) electrons. The van der Waals surface area contributed by atoms with Gasteiger partial charge in [0.15, 0.2) is 0 Å². The SMILES string of the molecule is CS(=O)(=O)OCN1CCC1=O. The average molecular weight is 179 g/mol. The van der Waals surface area contributed by atoms with Gasteiger partial charge in [0.05, 0.1) is 6.26 Å². The van der Waals surface area contributed by atoms with Gasteiger partial charge in [-0.2, -0.15) is 8.42 Å². The second-order valence-electron chi connectivity index (χ2n) is 2.36. The molecule has 0 unspecified atom stereocenters. The lowest BCUT2D eigenvalue weighted by Gasteiger charge is -2.29. The molecule has 0 aromatic heterocycles. The monoisotopic (exact) mass is 179 g/mol. The lowest BCUT2D eigenvalue weighted by atomic mass is 10.2. The van der Waals surface area contributed by atoms with Gasteiger partial charge >= 0.3 is 0 Å². The summed E-state index contributed by atoms with van der Waals surface area (Å²) in [5.41, 5.74) is 0. The Morgan fingerprint density at radius 2 is 2.27 bits per heavy atom. The van der Waals surface area contributed by atoms with E-state index in [0.29, 0.717) is 13.0 Å². The molecule has 0 atom stereocenters. The van der Waals surface area contributed by atoms with Crippen LogP contribution in [0.2, 0.25) is 0 Å². The van der Waals surface area contributed by atoms with Gasteiger partial charge < -0.3 is 4.90 Å². The number of carbonyl (C=O) groups excluding carboxylic acids is 1. The highest BCUT2D eigenvalue weighted by atomic mass is 32.2. The number of amides is 1. The highest BCUT2D eigenvalue weighted by Gasteiger charge is 2.24. The molecule has 11 heavy (non-hydrogen) atoms. The third-order valence-corrected chi connectivity index (χ3v) is 1.90. The first-order chi connectivity index (χ1) is 4.99. The van der Waals surface area contributed by atoms with Crippen molar-refractivity contribution in [2.75, 3.05) is 19.5 Å². The molecule has 1 saturated heterocycles. The summed E-state index contributed by atoms with van der Waals surface area (Å²) in [6, 6.07) is 0. The summed E-state index contributed by atoms with van der Waals surface area (Å²) in [5.74, 6) is -0.0614. The molecule has 0 N–H and O–H groups in total. The van der Waals surface area contributed by atoms with Crippen LogP contribution in [-0.2, 0) is 19.1 Å². The first-order valence-electron chi connectivity index (χ1n) is 3.11. The molecule has 0 spiro atoms. The maximum Gasteiger partial charge on any atom is 0.266 e. The summed E-state index contributed by atoms with van der Waals surface area (Å²) in [6.45, 7) is 0.450. The highest BCUT2D eigenvalue weighted by Crippen LogP contribution is 2.07. The van der Waals surface area contributed by atoms with Gasteiger partial charge in [-0.3, -0.25) is 4.79 Å². The molecular formula is C5H9NO4S. The Morgan fingerprint density at radius 1 is 1.64 bits per heavy atom. The number of hydrogen-bond donors (Lipinski definition) is 0. The molecule has 0 aliphatic carbocycles. The number of carbonyl (C=O) groups is 1. The zero-order valence-corrected chi connectivity index (χ0v) is 6.93. The van der Waals surface area contributed by atoms with E-state index < -0.39 is 10.1 Å². The van der Waals surface area contributed by atoms with E-state index in [1.807, 2.05) is 0 Å². The number of nitrogens with zero attached hydrogens (tertiary/aromatic N) is 1. The Bertz CT molecular complexity index is 258. The normalized spacial score (nSPS) is 18.3. The highest BCUT2D eigenvalue weighted by molar-refractivity contribution is 7.85. The van der Waals surface area contributed by atoms with E-state index in [-0.39, 0.29) is 12.6 Å². The van der Waals surface area contributed by atoms with Gasteiger partial charge in [-0.1, -0.05) is 0 Å². The molecule has 0 aromatic rings. The Labute approximate surface area is 65.1 Å². The third kappa shape index (κ3) is 2.47. The molecule has 1 fully saturated rings. The number of likely N-dealkylation sites (tertiary alicyclic amines) is 1. The number of β-lactam (4-membered cyclic amide) rings is 1. The van der Waals surface area contributed by atoms with Crippen LogP contribution in [-0.4, -0.2) is 38.8 Å². The predicted octanol–water partition coefficient (Wildman–Crippen LogP) is -0.848. The summed E-state index contributed by atoms with van der Waals surface area (Å²) in [6.07, 6.45) is 1.45. The lowest BCUT2D eigenvalue weighted by Crippen LogP contribution is -2.44. The molecule has 1 aliphatic heterocycles. The molecule has 1 heterocycles. The second-order valence-corrected chi connectivity index (χ2v) is 4.00. The van der Waals surface area contributed by atoms with Crippen molar-refractivity contribution in [3.05, 3.63) is 0 Å². The van der Waals surface area contributed by atoms with Gasteiger partial charge in [-0.05, 0) is 0 Å². The lowest BCUT2D eigenvalue weighted by molar-refractivity contribution is -0.143. The van der Waals surface area contributed by atoms with Crippen molar-refractivity contribution in [1.29, 1.82) is 0 Å². The Kier molecular flexibility index (Phi) is 2.15. The second kappa shape index (κ2) is 2.78. The minimum absolute atomic E-state index is 0.0614. The fourth-order valence-corrected chi connectivity index (χ4v) is 0.976. The van der Waals surface area contributed by atoms with E-state index in [4.69, 9.17) is 0 Å². The summed E-state index contributed by atoms with van der Waals surface area (Å²) in [7, 11) is -3.41. The Hall–Kier alpha value is -0.620. The van der Waals surface area contributed by atoms with Gasteiger partial charge in [0.2, 0.25) is 5.91 Å². The molecule has 64 valence electrons. The van der Waals surface area contributed by atoms with Crippen LogP contribution in [0.1, 0.15) is 6.42 Å². The van der Waals surface area contributed by atoms with Crippen LogP contribution in [0.15, 0.2) is 0 Å². The fourth-order valence-electron chi connectivity index (χ4n) is 0.657. The average Bonchev–Trinajstić information content (AvgIpc) is 1.82. The Morgan fingerprint density at radius 3 is 2.55 bits per heavy atom. The maximum absolute atomic E-state index is 10.6. The summed E-state index contributed by atoms with van der Waals surface area (Å²) in [5, 5.41) is 0. The van der Waals surface area contributed by atoms with Crippen molar-refractivity contribution in [2.45, 2.75) is 6.42 Å². The summed E-state index contributed by atoms with van der Waals surface area (Å²) >= 11 is 0. The van der Waals surface area contributed by atoms with Crippen molar-refractivity contribution in [1.82, 2.24) is 4.90 Å². The maximum atomic E-state index is 10.6. The quantitative estimate of drug-likeness (QED) is 0.418. The van der Waals surface area contributed by atoms with Crippen LogP contribution in [0.25, 0.3) is 0 Å². The summed E-state index contributed by atoms with van der Waals surface area (Å²) in [4.78, 5) is 11.9. The van der Waals surface area contributed by atoms with Crippen molar-refractivity contribution in [3.8, 4) is 0 Å². The van der Waals surface area contributed by atoms with Gasteiger partial charge in [-0.15, -0.1) is 0 Å². The van der Waals surface area contributed by atoms with Crippen LogP contribution >= 0.6 is 0 Å². The molecule has 1 amide bonds. The van der Waals surface area contributed by atoms with Crippen LogP contribution in [0.5, 0.6) is 0 Å². The van der Waals surface area contributed by atoms with E-state index in [1.54, 1.807) is 0 Å². The summed E-state index contributed by atoms with van der Waals surface area (Å²) < 4.78 is 25.2. The van der Waals surface area contributed by atoms with E-state index in [2.05, 4.69) is 4.18 Å². The first-order valence-corrected chi connectivity index (χ1v) is 4.93. The van der Waals surface area contributed by atoms with Gasteiger partial charge in [0.25, 0.3) is 10.1 Å². The molecule has 6 heteroatoms. The van der Waals surface area contributed by atoms with E-state index in [9.17, 15) is 13.2 Å². The molecule has 0 bridgehead atoms. The molecule has 1 aliphatic rings. The van der Waals surface area contributed by atoms with Gasteiger partial charge in [0, 0.05) is 13.0 Å². The largest absolute Gasteiger partial charge is 0.318 e. The third-order valence-electron chi connectivity index (χ3n) is 1.37. The predicted molar refractivity (Wildman–Crippen MR) is 37.1 cm³/mol. The van der Waals surface area contributed by atoms with E-state index in [0.717, 1.165) is 6.26 Å². The first kappa shape index (κ1) is 8.48. The standard InChI is InChI=1S/C5H9NO4S/c1-11(8,9)10-4-6-3-2-5(6)7/h2-4H2,1H3. The van der Waals surface area contributed by atoms with Crippen LogP contribution in [0.4, 0.5) is 0 Å². The zero-order valence-electron chi connectivity index (χ0n) is 6.11. The minimum Gasteiger partial charge on any atom is -0.318 e. The van der Waals surface area contributed by atoms with Crippen molar-refractivity contribution >= 4 is 16.0 Å². The number of rotatable bonds is 3. The molecule has 5 nitrogen and oxygen atoms in total. The van der Waals surface area contributed by atoms with Gasteiger partial charge in [-0.25, -0.2) is 4.18 Å². The fraction of sp³-hybridized carbons (Fsp3) is 0.800. The minimum atomic E-state index is -3.41. The smallest absolute Gasteiger partial charge is 0.266 e. The van der Waals surface area contributed by atoms with Crippen molar-refractivity contribution in [2.24, 2.45) is 0 Å². The molecular weight excluding hydrogens is 170 g/mol.